The Morgan fingerprint density at radius 3 is 2.12 bits per heavy atom. The van der Waals surface area contributed by atoms with Crippen molar-refractivity contribution in [3.63, 3.8) is 0 Å². The highest BCUT2D eigenvalue weighted by Crippen LogP contribution is 2.35. The molecule has 1 rings (SSSR count). The van der Waals surface area contributed by atoms with Crippen LogP contribution in [0.25, 0.3) is 0 Å². The summed E-state index contributed by atoms with van der Waals surface area (Å²) in [7, 11) is 0. The third-order valence-electron chi connectivity index (χ3n) is 2.72. The number of thioether (sulfide) groups is 1. The maximum absolute atomic E-state index is 9.56. The van der Waals surface area contributed by atoms with Crippen molar-refractivity contribution >= 4 is 23.4 Å². The van der Waals surface area contributed by atoms with Gasteiger partial charge in [-0.2, -0.15) is 0 Å². The van der Waals surface area contributed by atoms with Gasteiger partial charge in [0.2, 0.25) is 0 Å². The fourth-order valence-electron chi connectivity index (χ4n) is 1.50. The zero-order valence-electron chi connectivity index (χ0n) is 10.4. The van der Waals surface area contributed by atoms with E-state index in [0.29, 0.717) is 0 Å². The van der Waals surface area contributed by atoms with Gasteiger partial charge in [-0.25, -0.2) is 0 Å². The lowest BCUT2D eigenvalue weighted by Gasteiger charge is -2.25. The van der Waals surface area contributed by atoms with E-state index in [0.717, 1.165) is 10.6 Å². The second kappa shape index (κ2) is 6.64. The van der Waals surface area contributed by atoms with Gasteiger partial charge in [-0.1, -0.05) is 30.7 Å². The molecule has 0 fully saturated rings. The number of hydrogen-bond donors (Lipinski definition) is 2. The van der Waals surface area contributed by atoms with Crippen molar-refractivity contribution in [2.24, 2.45) is 5.73 Å². The molecule has 0 radical (unpaired) electrons. The van der Waals surface area contributed by atoms with Crippen molar-refractivity contribution in [3.8, 4) is 0 Å². The van der Waals surface area contributed by atoms with Crippen LogP contribution in [-0.4, -0.2) is 22.5 Å². The van der Waals surface area contributed by atoms with Gasteiger partial charge in [0.15, 0.2) is 0 Å². The lowest BCUT2D eigenvalue weighted by Crippen LogP contribution is -2.26. The van der Waals surface area contributed by atoms with Gasteiger partial charge in [0.1, 0.15) is 0 Å². The van der Waals surface area contributed by atoms with E-state index in [-0.39, 0.29) is 22.6 Å². The first kappa shape index (κ1) is 14.8. The molecule has 0 amide bonds. The summed E-state index contributed by atoms with van der Waals surface area (Å²) in [4.78, 5) is 0. The van der Waals surface area contributed by atoms with E-state index in [1.807, 2.05) is 38.1 Å². The molecule has 0 saturated carbocycles. The fourth-order valence-corrected chi connectivity index (χ4v) is 2.88. The predicted octanol–water partition coefficient (Wildman–Crippen LogP) is 3.23. The van der Waals surface area contributed by atoms with Gasteiger partial charge in [0, 0.05) is 21.6 Å². The molecule has 4 heteroatoms. The van der Waals surface area contributed by atoms with E-state index >= 15 is 0 Å². The molecule has 0 aliphatic heterocycles. The molecule has 0 heterocycles. The molecule has 17 heavy (non-hydrogen) atoms. The molecule has 96 valence electrons. The van der Waals surface area contributed by atoms with Gasteiger partial charge >= 0.3 is 0 Å². The summed E-state index contributed by atoms with van der Waals surface area (Å²) in [6.07, 6.45) is -0.339. The van der Waals surface area contributed by atoms with Crippen LogP contribution in [0.1, 0.15) is 31.6 Å². The van der Waals surface area contributed by atoms with Gasteiger partial charge in [0.25, 0.3) is 0 Å². The van der Waals surface area contributed by atoms with Crippen LogP contribution in [-0.2, 0) is 0 Å². The molecule has 0 spiro atoms. The Morgan fingerprint density at radius 1 is 1.18 bits per heavy atom. The Bertz CT molecular complexity index is 340. The topological polar surface area (TPSA) is 46.2 Å². The average molecular weight is 274 g/mol. The molecule has 0 aromatic heterocycles. The number of rotatable bonds is 5. The third kappa shape index (κ3) is 4.51. The number of hydrogen-bond acceptors (Lipinski definition) is 3. The maximum atomic E-state index is 9.56. The minimum absolute atomic E-state index is 0.0300. The molecule has 4 unspecified atom stereocenters. The van der Waals surface area contributed by atoms with Crippen molar-refractivity contribution in [1.82, 2.24) is 0 Å². The summed E-state index contributed by atoms with van der Waals surface area (Å²) in [5.74, 6) is 0. The van der Waals surface area contributed by atoms with Gasteiger partial charge in [-0.3, -0.25) is 0 Å². The first-order valence-corrected chi connectivity index (χ1v) is 7.08. The minimum atomic E-state index is -0.339. The standard InChI is InChI=1S/C13H20ClNOS/c1-8(15)13(17-10(3)9(2)16)11-4-6-12(14)7-5-11/h4-10,13,16H,15H2,1-3H3. The molecular formula is C13H20ClNOS. The molecule has 0 saturated heterocycles. The Kier molecular flexibility index (Phi) is 5.80. The highest BCUT2D eigenvalue weighted by atomic mass is 35.5. The van der Waals surface area contributed by atoms with E-state index in [4.69, 9.17) is 17.3 Å². The van der Waals surface area contributed by atoms with Crippen molar-refractivity contribution in [3.05, 3.63) is 34.9 Å². The van der Waals surface area contributed by atoms with E-state index in [1.54, 1.807) is 18.7 Å². The Hall–Kier alpha value is -0.220. The largest absolute Gasteiger partial charge is 0.392 e. The SMILES string of the molecule is CC(N)C(SC(C)C(C)O)c1ccc(Cl)cc1. The Balaban J connectivity index is 2.82. The summed E-state index contributed by atoms with van der Waals surface area (Å²) in [6.45, 7) is 5.80. The Morgan fingerprint density at radius 2 is 1.71 bits per heavy atom. The molecule has 0 aliphatic carbocycles. The number of aliphatic hydroxyl groups is 1. The molecule has 0 aliphatic rings. The van der Waals surface area contributed by atoms with E-state index in [1.165, 1.54) is 0 Å². The van der Waals surface area contributed by atoms with Gasteiger partial charge in [0.05, 0.1) is 6.10 Å². The summed E-state index contributed by atoms with van der Waals surface area (Å²) in [5.41, 5.74) is 7.17. The van der Waals surface area contributed by atoms with Crippen molar-refractivity contribution in [2.75, 3.05) is 0 Å². The normalized spacial score (nSPS) is 18.5. The predicted molar refractivity (Wildman–Crippen MR) is 76.6 cm³/mol. The van der Waals surface area contributed by atoms with E-state index in [9.17, 15) is 5.11 Å². The lowest BCUT2D eigenvalue weighted by molar-refractivity contribution is 0.196. The summed E-state index contributed by atoms with van der Waals surface area (Å²) in [6, 6.07) is 7.78. The monoisotopic (exact) mass is 273 g/mol. The van der Waals surface area contributed by atoms with Crippen molar-refractivity contribution < 1.29 is 5.11 Å². The summed E-state index contributed by atoms with van der Waals surface area (Å²) < 4.78 is 0. The molecule has 1 aromatic carbocycles. The first-order valence-electron chi connectivity index (χ1n) is 5.76. The van der Waals surface area contributed by atoms with Gasteiger partial charge in [-0.05, 0) is 31.5 Å². The molecule has 1 aromatic rings. The van der Waals surface area contributed by atoms with E-state index < -0.39 is 0 Å². The van der Waals surface area contributed by atoms with Crippen molar-refractivity contribution in [2.45, 2.75) is 43.4 Å². The molecular weight excluding hydrogens is 254 g/mol. The number of benzene rings is 1. The molecule has 2 nitrogen and oxygen atoms in total. The van der Waals surface area contributed by atoms with Crippen molar-refractivity contribution in [1.29, 1.82) is 0 Å². The first-order chi connectivity index (χ1) is 7.91. The van der Waals surface area contributed by atoms with E-state index in [2.05, 4.69) is 0 Å². The van der Waals surface area contributed by atoms with Gasteiger partial charge in [-0.15, -0.1) is 11.8 Å². The molecule has 4 atom stereocenters. The zero-order chi connectivity index (χ0) is 13.0. The van der Waals surface area contributed by atoms with Gasteiger partial charge < -0.3 is 10.8 Å². The molecule has 3 N–H and O–H groups in total. The van der Waals surface area contributed by atoms with Crippen LogP contribution >= 0.6 is 23.4 Å². The second-order valence-corrected chi connectivity index (χ2v) is 6.37. The molecule has 0 bridgehead atoms. The average Bonchev–Trinajstić information content (AvgIpc) is 2.26. The highest BCUT2D eigenvalue weighted by molar-refractivity contribution is 8.00. The van der Waals surface area contributed by atoms with Crippen LogP contribution in [0.2, 0.25) is 5.02 Å². The lowest BCUT2D eigenvalue weighted by atomic mass is 10.1. The van der Waals surface area contributed by atoms with Crippen LogP contribution < -0.4 is 5.73 Å². The number of aliphatic hydroxyl groups excluding tert-OH is 1. The minimum Gasteiger partial charge on any atom is -0.392 e. The summed E-state index contributed by atoms with van der Waals surface area (Å²) >= 11 is 7.58. The van der Waals surface area contributed by atoms with Crippen LogP contribution in [0.3, 0.4) is 0 Å². The van der Waals surface area contributed by atoms with Crippen LogP contribution in [0.5, 0.6) is 0 Å². The fraction of sp³-hybridized carbons (Fsp3) is 0.538. The zero-order valence-corrected chi connectivity index (χ0v) is 12.0. The smallest absolute Gasteiger partial charge is 0.0628 e. The Labute approximate surface area is 113 Å². The van der Waals surface area contributed by atoms with Crippen LogP contribution in [0, 0.1) is 0 Å². The van der Waals surface area contributed by atoms with Crippen LogP contribution in [0.15, 0.2) is 24.3 Å². The number of nitrogens with two attached hydrogens (primary N) is 1. The maximum Gasteiger partial charge on any atom is 0.0628 e. The summed E-state index contributed by atoms with van der Waals surface area (Å²) in [5, 5.41) is 10.6. The highest BCUT2D eigenvalue weighted by Gasteiger charge is 2.21. The number of halogens is 1. The quantitative estimate of drug-likeness (QED) is 0.866. The third-order valence-corrected chi connectivity index (χ3v) is 4.79. The van der Waals surface area contributed by atoms with Crippen LogP contribution in [0.4, 0.5) is 0 Å². The second-order valence-electron chi connectivity index (χ2n) is 4.41.